The Kier molecular flexibility index (Phi) is 6.85. The highest BCUT2D eigenvalue weighted by atomic mass is 32.2. The van der Waals surface area contributed by atoms with Gasteiger partial charge in [0.2, 0.25) is 0 Å². The van der Waals surface area contributed by atoms with E-state index in [1.807, 2.05) is 31.9 Å². The molecule has 0 radical (unpaired) electrons. The Morgan fingerprint density at radius 2 is 1.81 bits per heavy atom. The van der Waals surface area contributed by atoms with Crippen LogP contribution < -0.4 is 4.90 Å². The molecule has 0 saturated heterocycles. The first-order valence-electron chi connectivity index (χ1n) is 9.85. The average Bonchev–Trinajstić information content (AvgIpc) is 2.79. The predicted octanol–water partition coefficient (Wildman–Crippen LogP) is 5.77. The van der Waals surface area contributed by atoms with E-state index in [-0.39, 0.29) is 16.3 Å². The Morgan fingerprint density at radius 1 is 1.06 bits per heavy atom. The van der Waals surface area contributed by atoms with Gasteiger partial charge in [0.25, 0.3) is 10.1 Å². The van der Waals surface area contributed by atoms with Gasteiger partial charge in [0.15, 0.2) is 5.75 Å². The lowest BCUT2D eigenvalue weighted by atomic mass is 10.1. The van der Waals surface area contributed by atoms with Crippen molar-refractivity contribution in [2.24, 2.45) is 20.5 Å². The molecular weight excluding hydrogens is 430 g/mol. The summed E-state index contributed by atoms with van der Waals surface area (Å²) in [5, 5.41) is 28.0. The summed E-state index contributed by atoms with van der Waals surface area (Å²) in [5.41, 5.74) is 2.67. The Hall–Kier alpha value is -3.37. The maximum absolute atomic E-state index is 12.6. The molecule has 10 heteroatoms. The first-order valence-corrected chi connectivity index (χ1v) is 11.3. The third-order valence-electron chi connectivity index (χ3n) is 5.09. The molecule has 0 unspecified atom stereocenters. The van der Waals surface area contributed by atoms with Crippen LogP contribution in [-0.2, 0) is 14.3 Å². The fourth-order valence-corrected chi connectivity index (χ4v) is 3.98. The van der Waals surface area contributed by atoms with Crippen molar-refractivity contribution in [1.82, 2.24) is 0 Å². The van der Waals surface area contributed by atoms with E-state index in [0.29, 0.717) is 22.1 Å². The van der Waals surface area contributed by atoms with E-state index in [9.17, 15) is 13.5 Å². The van der Waals surface area contributed by atoms with E-state index in [1.54, 1.807) is 37.4 Å². The van der Waals surface area contributed by atoms with Gasteiger partial charge in [0.05, 0.1) is 18.5 Å². The molecule has 168 valence electrons. The highest BCUT2D eigenvalue weighted by molar-refractivity contribution is 7.87. The van der Waals surface area contributed by atoms with Crippen molar-refractivity contribution >= 4 is 43.6 Å². The fourth-order valence-electron chi connectivity index (χ4n) is 3.16. The maximum atomic E-state index is 12.6. The van der Waals surface area contributed by atoms with Crippen molar-refractivity contribution in [3.63, 3.8) is 0 Å². The largest absolute Gasteiger partial charge is 0.505 e. The number of hydrogen-bond acceptors (Lipinski definition) is 9. The SMILES string of the molecule is CCN(C)c1ccc2cc(S(=O)(=O)OC)c(N=Nc3ccc(N=NC)c(C)c3)c(O)c2c1. The highest BCUT2D eigenvalue weighted by Gasteiger charge is 2.24. The molecule has 0 aromatic heterocycles. The molecule has 0 aliphatic heterocycles. The average molecular weight is 456 g/mol. The first-order chi connectivity index (χ1) is 15.2. The van der Waals surface area contributed by atoms with Gasteiger partial charge in [0, 0.05) is 31.7 Å². The third-order valence-corrected chi connectivity index (χ3v) is 6.38. The van der Waals surface area contributed by atoms with E-state index < -0.39 is 10.1 Å². The van der Waals surface area contributed by atoms with Crippen molar-refractivity contribution in [1.29, 1.82) is 0 Å². The molecule has 0 aliphatic rings. The van der Waals surface area contributed by atoms with Gasteiger partial charge < -0.3 is 10.0 Å². The topological polar surface area (TPSA) is 116 Å². The zero-order valence-electron chi connectivity index (χ0n) is 18.6. The molecule has 0 heterocycles. The lowest BCUT2D eigenvalue weighted by molar-refractivity contribution is 0.397. The second kappa shape index (κ2) is 9.41. The summed E-state index contributed by atoms with van der Waals surface area (Å²) in [6.07, 6.45) is 0. The number of benzene rings is 3. The van der Waals surface area contributed by atoms with Crippen LogP contribution in [0, 0.1) is 6.92 Å². The number of fused-ring (bicyclic) bond motifs is 1. The van der Waals surface area contributed by atoms with E-state index in [2.05, 4.69) is 24.6 Å². The van der Waals surface area contributed by atoms with E-state index in [0.717, 1.165) is 24.9 Å². The Bertz CT molecular complexity index is 1320. The standard InChI is InChI=1S/C22H25N5O4S/c1-6-27(4)17-9-7-15-12-20(32(29,30)31-5)21(22(28)18(15)13-17)26-24-16-8-10-19(25-23-3)14(2)11-16/h7-13,28H,6H2,1-5H3. The lowest BCUT2D eigenvalue weighted by Crippen LogP contribution is -2.15. The van der Waals surface area contributed by atoms with Gasteiger partial charge in [-0.15, -0.1) is 5.11 Å². The van der Waals surface area contributed by atoms with Gasteiger partial charge in [-0.3, -0.25) is 4.18 Å². The Morgan fingerprint density at radius 3 is 2.44 bits per heavy atom. The molecule has 1 N–H and O–H groups in total. The van der Waals surface area contributed by atoms with Crippen molar-refractivity contribution in [3.8, 4) is 5.75 Å². The van der Waals surface area contributed by atoms with Crippen LogP contribution in [-0.4, -0.2) is 41.3 Å². The number of aromatic hydroxyl groups is 1. The summed E-state index contributed by atoms with van der Waals surface area (Å²) in [6.45, 7) is 4.62. The summed E-state index contributed by atoms with van der Waals surface area (Å²) in [4.78, 5) is 1.73. The van der Waals surface area contributed by atoms with Crippen molar-refractivity contribution in [2.75, 3.05) is 32.6 Å². The first kappa shape index (κ1) is 23.3. The van der Waals surface area contributed by atoms with Crippen LogP contribution in [0.5, 0.6) is 5.75 Å². The predicted molar refractivity (Wildman–Crippen MR) is 125 cm³/mol. The zero-order chi connectivity index (χ0) is 23.5. The summed E-state index contributed by atoms with van der Waals surface area (Å²) in [6, 6.07) is 12.0. The van der Waals surface area contributed by atoms with Crippen molar-refractivity contribution in [3.05, 3.63) is 48.0 Å². The monoisotopic (exact) mass is 455 g/mol. The zero-order valence-corrected chi connectivity index (χ0v) is 19.4. The Balaban J connectivity index is 2.20. The van der Waals surface area contributed by atoms with Crippen LogP contribution in [0.15, 0.2) is 67.8 Å². The van der Waals surface area contributed by atoms with Crippen LogP contribution in [0.1, 0.15) is 12.5 Å². The number of aryl methyl sites for hydroxylation is 1. The maximum Gasteiger partial charge on any atom is 0.299 e. The van der Waals surface area contributed by atoms with Gasteiger partial charge in [-0.1, -0.05) is 6.07 Å². The second-order valence-electron chi connectivity index (χ2n) is 7.08. The summed E-state index contributed by atoms with van der Waals surface area (Å²) in [5.74, 6) is -0.290. The van der Waals surface area contributed by atoms with Crippen LogP contribution in [0.4, 0.5) is 22.7 Å². The molecule has 0 amide bonds. The smallest absolute Gasteiger partial charge is 0.299 e. The minimum atomic E-state index is -4.15. The molecule has 3 aromatic carbocycles. The number of nitrogens with zero attached hydrogens (tertiary/aromatic N) is 5. The van der Waals surface area contributed by atoms with Crippen LogP contribution in [0.3, 0.4) is 0 Å². The molecule has 32 heavy (non-hydrogen) atoms. The minimum absolute atomic E-state index is 0.189. The summed E-state index contributed by atoms with van der Waals surface area (Å²) < 4.78 is 29.8. The quantitative estimate of drug-likeness (QED) is 0.358. The van der Waals surface area contributed by atoms with Gasteiger partial charge >= 0.3 is 0 Å². The Labute approximate surface area is 187 Å². The number of hydrogen-bond donors (Lipinski definition) is 1. The second-order valence-corrected chi connectivity index (χ2v) is 8.76. The van der Waals surface area contributed by atoms with E-state index in [1.165, 1.54) is 6.07 Å². The molecule has 0 fully saturated rings. The van der Waals surface area contributed by atoms with Crippen LogP contribution >= 0.6 is 0 Å². The molecule has 0 atom stereocenters. The van der Waals surface area contributed by atoms with Crippen molar-refractivity contribution < 1.29 is 17.7 Å². The van der Waals surface area contributed by atoms with E-state index in [4.69, 9.17) is 0 Å². The number of rotatable bonds is 7. The number of phenolic OH excluding ortho intramolecular Hbond substituents is 1. The molecular formula is C22H25N5O4S. The molecule has 0 saturated carbocycles. The molecule has 0 bridgehead atoms. The summed E-state index contributed by atoms with van der Waals surface area (Å²) in [7, 11) is 0.408. The normalized spacial score (nSPS) is 12.3. The van der Waals surface area contributed by atoms with Gasteiger partial charge in [0.1, 0.15) is 10.6 Å². The number of phenols is 1. The van der Waals surface area contributed by atoms with Gasteiger partial charge in [-0.05, 0) is 61.2 Å². The molecule has 3 rings (SSSR count). The molecule has 9 nitrogen and oxygen atoms in total. The molecule has 0 spiro atoms. The van der Waals surface area contributed by atoms with Crippen molar-refractivity contribution in [2.45, 2.75) is 18.7 Å². The number of anilines is 1. The summed E-state index contributed by atoms with van der Waals surface area (Å²) >= 11 is 0. The van der Waals surface area contributed by atoms with Gasteiger partial charge in [-0.2, -0.15) is 23.8 Å². The molecule has 0 aliphatic carbocycles. The van der Waals surface area contributed by atoms with E-state index >= 15 is 0 Å². The minimum Gasteiger partial charge on any atom is -0.505 e. The highest BCUT2D eigenvalue weighted by Crippen LogP contribution is 2.43. The molecule has 3 aromatic rings. The van der Waals surface area contributed by atoms with Crippen LogP contribution in [0.2, 0.25) is 0 Å². The third kappa shape index (κ3) is 4.61. The fraction of sp³-hybridized carbons (Fsp3) is 0.273. The number of azo groups is 2. The van der Waals surface area contributed by atoms with Gasteiger partial charge in [-0.25, -0.2) is 0 Å². The van der Waals surface area contributed by atoms with Crippen LogP contribution in [0.25, 0.3) is 10.8 Å². The lowest BCUT2D eigenvalue weighted by Gasteiger charge is -2.18.